The highest BCUT2D eigenvalue weighted by Gasteiger charge is 2.33. The van der Waals surface area contributed by atoms with Crippen molar-refractivity contribution in [2.75, 3.05) is 6.61 Å². The second kappa shape index (κ2) is 10.4. The number of thiazole rings is 1. The van der Waals surface area contributed by atoms with Crippen LogP contribution in [0.5, 0.6) is 5.75 Å². The molecule has 0 radical (unpaired) electrons. The summed E-state index contributed by atoms with van der Waals surface area (Å²) in [5.41, 5.74) is 1.96. The topological polar surface area (TPSA) is 69.9 Å². The Morgan fingerprint density at radius 1 is 1.20 bits per heavy atom. The van der Waals surface area contributed by atoms with E-state index in [0.717, 1.165) is 5.56 Å². The van der Waals surface area contributed by atoms with Gasteiger partial charge in [0.2, 0.25) is 0 Å². The summed E-state index contributed by atoms with van der Waals surface area (Å²) in [5, 5.41) is 0.942. The summed E-state index contributed by atoms with van der Waals surface area (Å²) in [5.74, 6) is 0.197. The molecule has 1 aliphatic heterocycles. The van der Waals surface area contributed by atoms with Gasteiger partial charge in [-0.15, -0.1) is 0 Å². The van der Waals surface area contributed by atoms with Crippen LogP contribution in [0.4, 0.5) is 0 Å². The Morgan fingerprint density at radius 2 is 1.91 bits per heavy atom. The number of nitrogens with zero attached hydrogens (tertiary/aromatic N) is 2. The summed E-state index contributed by atoms with van der Waals surface area (Å²) in [6.45, 7) is 7.76. The van der Waals surface area contributed by atoms with Crippen molar-refractivity contribution in [1.82, 2.24) is 4.57 Å². The molecule has 0 N–H and O–H groups in total. The van der Waals surface area contributed by atoms with E-state index in [4.69, 9.17) is 32.7 Å². The lowest BCUT2D eigenvalue weighted by molar-refractivity contribution is -0.143. The highest BCUT2D eigenvalue weighted by Crippen LogP contribution is 2.32. The molecule has 4 rings (SSSR count). The van der Waals surface area contributed by atoms with Crippen molar-refractivity contribution in [1.29, 1.82) is 0 Å². The Hall–Kier alpha value is -2.87. The van der Waals surface area contributed by atoms with Crippen molar-refractivity contribution in [2.24, 2.45) is 4.99 Å². The average Bonchev–Trinajstić information content (AvgIpc) is 3.09. The van der Waals surface area contributed by atoms with Gasteiger partial charge in [0.15, 0.2) is 4.80 Å². The molecule has 1 aliphatic rings. The largest absolute Gasteiger partial charge is 0.494 e. The number of ether oxygens (including phenoxy) is 2. The van der Waals surface area contributed by atoms with E-state index in [1.807, 2.05) is 31.2 Å². The zero-order chi connectivity index (χ0) is 25.3. The number of benzene rings is 2. The van der Waals surface area contributed by atoms with Gasteiger partial charge in [-0.1, -0.05) is 52.7 Å². The maximum atomic E-state index is 13.7. The number of rotatable bonds is 6. The van der Waals surface area contributed by atoms with Gasteiger partial charge in [0.05, 0.1) is 34.6 Å². The highest BCUT2D eigenvalue weighted by atomic mass is 35.5. The summed E-state index contributed by atoms with van der Waals surface area (Å²) < 4.78 is 13.1. The molecule has 1 aromatic heterocycles. The average molecular weight is 531 g/mol. The molecule has 0 aliphatic carbocycles. The van der Waals surface area contributed by atoms with Crippen LogP contribution >= 0.6 is 34.5 Å². The van der Waals surface area contributed by atoms with E-state index in [1.54, 1.807) is 49.6 Å². The molecule has 182 valence electrons. The van der Waals surface area contributed by atoms with Crippen molar-refractivity contribution >= 4 is 46.6 Å². The number of aromatic nitrogens is 1. The normalized spacial score (nSPS) is 15.7. The van der Waals surface area contributed by atoms with Crippen molar-refractivity contribution in [2.45, 2.75) is 39.8 Å². The van der Waals surface area contributed by atoms with Crippen LogP contribution in [0, 0.1) is 0 Å². The fraction of sp³-hybridized carbons (Fsp3) is 0.269. The van der Waals surface area contributed by atoms with E-state index in [0.29, 0.717) is 48.6 Å². The molecule has 1 atom stereocenters. The number of carbonyl (C=O) groups is 1. The first-order chi connectivity index (χ1) is 16.7. The third-order valence-corrected chi connectivity index (χ3v) is 6.89. The molecular formula is C26H24Cl2N2O4S. The maximum Gasteiger partial charge on any atom is 0.338 e. The van der Waals surface area contributed by atoms with E-state index in [-0.39, 0.29) is 11.7 Å². The lowest BCUT2D eigenvalue weighted by atomic mass is 9.96. The van der Waals surface area contributed by atoms with Gasteiger partial charge >= 0.3 is 5.97 Å². The van der Waals surface area contributed by atoms with Crippen molar-refractivity contribution < 1.29 is 14.3 Å². The second-order valence-corrected chi connectivity index (χ2v) is 10.1. The molecular weight excluding hydrogens is 507 g/mol. The first kappa shape index (κ1) is 25.2. The Kier molecular flexibility index (Phi) is 7.50. The molecule has 0 saturated heterocycles. The highest BCUT2D eigenvalue weighted by molar-refractivity contribution is 7.07. The number of fused-ring (bicyclic) bond motifs is 1. The van der Waals surface area contributed by atoms with Crippen molar-refractivity contribution in [3.63, 3.8) is 0 Å². The number of hydrogen-bond acceptors (Lipinski definition) is 6. The Labute approximate surface area is 216 Å². The summed E-state index contributed by atoms with van der Waals surface area (Å²) in [6.07, 6.45) is 1.39. The maximum absolute atomic E-state index is 13.7. The van der Waals surface area contributed by atoms with Crippen molar-refractivity contribution in [3.05, 3.63) is 94.6 Å². The number of allylic oxidation sites excluding steroid dienone is 1. The Bertz CT molecular complexity index is 1490. The number of carbonyl (C=O) groups excluding carboxylic acids is 1. The first-order valence-electron chi connectivity index (χ1n) is 11.1. The van der Waals surface area contributed by atoms with Crippen LogP contribution in [-0.2, 0) is 9.53 Å². The van der Waals surface area contributed by atoms with Crippen LogP contribution < -0.4 is 19.6 Å². The summed E-state index contributed by atoms with van der Waals surface area (Å²) >= 11 is 13.6. The van der Waals surface area contributed by atoms with Gasteiger partial charge < -0.3 is 9.47 Å². The van der Waals surface area contributed by atoms with Crippen LogP contribution in [0.1, 0.15) is 44.9 Å². The Balaban J connectivity index is 1.92. The smallest absolute Gasteiger partial charge is 0.338 e. The zero-order valence-corrected chi connectivity index (χ0v) is 22.0. The number of esters is 1. The van der Waals surface area contributed by atoms with Gasteiger partial charge in [0.1, 0.15) is 5.75 Å². The quantitative estimate of drug-likeness (QED) is 0.425. The molecule has 0 saturated carbocycles. The second-order valence-electron chi connectivity index (χ2n) is 8.20. The van der Waals surface area contributed by atoms with Gasteiger partial charge in [0, 0.05) is 10.0 Å². The lowest BCUT2D eigenvalue weighted by Gasteiger charge is -2.25. The molecule has 6 nitrogen and oxygen atoms in total. The lowest BCUT2D eigenvalue weighted by Crippen LogP contribution is -2.40. The van der Waals surface area contributed by atoms with Gasteiger partial charge in [-0.3, -0.25) is 9.36 Å². The minimum Gasteiger partial charge on any atom is -0.494 e. The van der Waals surface area contributed by atoms with E-state index >= 15 is 0 Å². The van der Waals surface area contributed by atoms with Gasteiger partial charge in [-0.2, -0.15) is 0 Å². The first-order valence-corrected chi connectivity index (χ1v) is 12.7. The molecule has 1 unspecified atom stereocenters. The van der Waals surface area contributed by atoms with Crippen LogP contribution in [0.25, 0.3) is 6.08 Å². The summed E-state index contributed by atoms with van der Waals surface area (Å²) in [7, 11) is 0. The predicted molar refractivity (Wildman–Crippen MR) is 139 cm³/mol. The van der Waals surface area contributed by atoms with E-state index < -0.39 is 12.0 Å². The molecule has 35 heavy (non-hydrogen) atoms. The summed E-state index contributed by atoms with van der Waals surface area (Å²) in [4.78, 5) is 31.9. The molecule has 9 heteroatoms. The predicted octanol–water partition coefficient (Wildman–Crippen LogP) is 4.89. The standard InChI is InChI=1S/C26H24Cl2N2O4S/c1-5-33-19-10-7-16(8-11-19)23-22(25(32)34-14(2)3)15(4)29-26-30(23)24(31)21(35-26)12-17-6-9-18(27)13-20(17)28/h6-14,23H,5H2,1-4H3. The van der Waals surface area contributed by atoms with Gasteiger partial charge in [0.25, 0.3) is 5.56 Å². The molecule has 0 bridgehead atoms. The van der Waals surface area contributed by atoms with Crippen LogP contribution in [0.15, 0.2) is 63.5 Å². The fourth-order valence-corrected chi connectivity index (χ4v) is 5.35. The number of hydrogen-bond donors (Lipinski definition) is 0. The molecule has 0 spiro atoms. The van der Waals surface area contributed by atoms with Gasteiger partial charge in [-0.05, 0) is 69.2 Å². The summed E-state index contributed by atoms with van der Waals surface area (Å²) in [6, 6.07) is 11.7. The SMILES string of the molecule is CCOc1ccc(C2C(C(=O)OC(C)C)=C(C)N=c3sc(=Cc4ccc(Cl)cc4Cl)c(=O)n32)cc1. The van der Waals surface area contributed by atoms with Crippen LogP contribution in [0.3, 0.4) is 0 Å². The molecule has 3 aromatic rings. The molecule has 2 heterocycles. The van der Waals surface area contributed by atoms with Crippen LogP contribution in [0.2, 0.25) is 10.0 Å². The van der Waals surface area contributed by atoms with E-state index in [9.17, 15) is 9.59 Å². The monoisotopic (exact) mass is 530 g/mol. The Morgan fingerprint density at radius 3 is 2.54 bits per heavy atom. The van der Waals surface area contributed by atoms with E-state index in [1.165, 1.54) is 11.3 Å². The minimum atomic E-state index is -0.698. The third kappa shape index (κ3) is 5.22. The zero-order valence-electron chi connectivity index (χ0n) is 19.7. The molecule has 2 aromatic carbocycles. The van der Waals surface area contributed by atoms with E-state index in [2.05, 4.69) is 4.99 Å². The van der Waals surface area contributed by atoms with Crippen LogP contribution in [-0.4, -0.2) is 23.2 Å². The molecule has 0 amide bonds. The van der Waals surface area contributed by atoms with Gasteiger partial charge in [-0.25, -0.2) is 9.79 Å². The molecule has 0 fully saturated rings. The third-order valence-electron chi connectivity index (χ3n) is 5.34. The fourth-order valence-electron chi connectivity index (χ4n) is 3.85. The number of halogens is 2. The van der Waals surface area contributed by atoms with Crippen molar-refractivity contribution in [3.8, 4) is 5.75 Å². The minimum absolute atomic E-state index is 0.277.